The summed E-state index contributed by atoms with van der Waals surface area (Å²) in [5.74, 6) is 0. The van der Waals surface area contributed by atoms with Gasteiger partial charge in [0.2, 0.25) is 0 Å². The molecule has 3 aromatic rings. The number of nitrogens with two attached hydrogens (primary N) is 1. The second-order valence-corrected chi connectivity index (χ2v) is 5.92. The third kappa shape index (κ3) is 2.67. The number of fused-ring (bicyclic) bond motifs is 1. The highest BCUT2D eigenvalue weighted by Crippen LogP contribution is 2.25. The lowest BCUT2D eigenvalue weighted by Crippen LogP contribution is -2.13. The van der Waals surface area contributed by atoms with Gasteiger partial charge in [-0.1, -0.05) is 42.0 Å². The first-order valence-corrected chi connectivity index (χ1v) is 7.20. The molecule has 0 saturated heterocycles. The van der Waals surface area contributed by atoms with Crippen molar-refractivity contribution >= 4 is 21.6 Å². The highest BCUT2D eigenvalue weighted by atomic mass is 32.1. The SMILES string of the molecule is Cc1cccc(C(N)Cc2nc3ccccc3s2)c1. The second kappa shape index (κ2) is 5.11. The summed E-state index contributed by atoms with van der Waals surface area (Å²) in [5.41, 5.74) is 9.78. The molecule has 0 aliphatic carbocycles. The first-order chi connectivity index (χ1) is 9.22. The molecule has 0 fully saturated rings. The van der Waals surface area contributed by atoms with Crippen LogP contribution in [0.15, 0.2) is 48.5 Å². The molecule has 2 aromatic carbocycles. The molecule has 0 aliphatic rings. The zero-order valence-electron chi connectivity index (χ0n) is 10.8. The lowest BCUT2D eigenvalue weighted by molar-refractivity contribution is 0.718. The molecule has 0 radical (unpaired) electrons. The molecule has 3 rings (SSSR count). The third-order valence-electron chi connectivity index (χ3n) is 3.20. The van der Waals surface area contributed by atoms with Crippen LogP contribution in [-0.4, -0.2) is 4.98 Å². The van der Waals surface area contributed by atoms with Gasteiger partial charge in [0.15, 0.2) is 0 Å². The van der Waals surface area contributed by atoms with Crippen molar-refractivity contribution in [2.75, 3.05) is 0 Å². The number of nitrogens with zero attached hydrogens (tertiary/aromatic N) is 1. The Hall–Kier alpha value is -1.71. The van der Waals surface area contributed by atoms with Gasteiger partial charge < -0.3 is 5.73 Å². The van der Waals surface area contributed by atoms with E-state index < -0.39 is 0 Å². The van der Waals surface area contributed by atoms with E-state index in [2.05, 4.69) is 42.2 Å². The van der Waals surface area contributed by atoms with E-state index in [1.165, 1.54) is 15.8 Å². The van der Waals surface area contributed by atoms with Gasteiger partial charge in [-0.05, 0) is 24.6 Å². The van der Waals surface area contributed by atoms with Crippen molar-refractivity contribution < 1.29 is 0 Å². The van der Waals surface area contributed by atoms with Crippen molar-refractivity contribution in [2.45, 2.75) is 19.4 Å². The molecular weight excluding hydrogens is 252 g/mol. The van der Waals surface area contributed by atoms with Crippen LogP contribution in [-0.2, 0) is 6.42 Å². The van der Waals surface area contributed by atoms with Crippen LogP contribution in [0, 0.1) is 6.92 Å². The molecular formula is C16H16N2S. The maximum atomic E-state index is 6.28. The van der Waals surface area contributed by atoms with E-state index in [0.29, 0.717) is 0 Å². The number of hydrogen-bond acceptors (Lipinski definition) is 3. The van der Waals surface area contributed by atoms with Crippen LogP contribution in [0.3, 0.4) is 0 Å². The number of benzene rings is 2. The monoisotopic (exact) mass is 268 g/mol. The first-order valence-electron chi connectivity index (χ1n) is 6.39. The Morgan fingerprint density at radius 3 is 2.79 bits per heavy atom. The van der Waals surface area contributed by atoms with Crippen molar-refractivity contribution in [2.24, 2.45) is 5.73 Å². The van der Waals surface area contributed by atoms with Crippen LogP contribution >= 0.6 is 11.3 Å². The summed E-state index contributed by atoms with van der Waals surface area (Å²) < 4.78 is 1.23. The molecule has 2 N–H and O–H groups in total. The summed E-state index contributed by atoms with van der Waals surface area (Å²) in [6.45, 7) is 2.09. The zero-order valence-corrected chi connectivity index (χ0v) is 11.7. The normalized spacial score (nSPS) is 12.7. The number of aromatic nitrogens is 1. The smallest absolute Gasteiger partial charge is 0.0957 e. The molecule has 96 valence electrons. The standard InChI is InChI=1S/C16H16N2S/c1-11-5-4-6-12(9-11)13(17)10-16-18-14-7-2-3-8-15(14)19-16/h2-9,13H,10,17H2,1H3. The average Bonchev–Trinajstić information content (AvgIpc) is 2.80. The largest absolute Gasteiger partial charge is 0.324 e. The molecule has 0 bridgehead atoms. The Kier molecular flexibility index (Phi) is 3.32. The number of thiazole rings is 1. The second-order valence-electron chi connectivity index (χ2n) is 4.80. The molecule has 1 atom stereocenters. The van der Waals surface area contributed by atoms with Crippen molar-refractivity contribution in [3.05, 3.63) is 64.7 Å². The van der Waals surface area contributed by atoms with Gasteiger partial charge in [-0.25, -0.2) is 4.98 Å². The van der Waals surface area contributed by atoms with E-state index >= 15 is 0 Å². The molecule has 1 aromatic heterocycles. The van der Waals surface area contributed by atoms with Crippen LogP contribution in [0.5, 0.6) is 0 Å². The zero-order chi connectivity index (χ0) is 13.2. The van der Waals surface area contributed by atoms with Crippen LogP contribution in [0.1, 0.15) is 22.2 Å². The Bertz CT molecular complexity index is 670. The van der Waals surface area contributed by atoms with Crippen LogP contribution in [0.2, 0.25) is 0 Å². The van der Waals surface area contributed by atoms with Gasteiger partial charge in [-0.3, -0.25) is 0 Å². The summed E-state index contributed by atoms with van der Waals surface area (Å²) in [4.78, 5) is 4.64. The predicted molar refractivity (Wildman–Crippen MR) is 81.4 cm³/mol. The molecule has 0 saturated carbocycles. The minimum atomic E-state index is 0.0143. The summed E-state index contributed by atoms with van der Waals surface area (Å²) in [7, 11) is 0. The van der Waals surface area contributed by atoms with Crippen molar-refractivity contribution in [1.82, 2.24) is 4.98 Å². The Morgan fingerprint density at radius 1 is 1.16 bits per heavy atom. The maximum Gasteiger partial charge on any atom is 0.0957 e. The average molecular weight is 268 g/mol. The van der Waals surface area contributed by atoms with Gasteiger partial charge in [0.05, 0.1) is 15.2 Å². The molecule has 0 amide bonds. The summed E-state index contributed by atoms with van der Waals surface area (Å²) in [6, 6.07) is 16.6. The van der Waals surface area contributed by atoms with Gasteiger partial charge >= 0.3 is 0 Å². The highest BCUT2D eigenvalue weighted by molar-refractivity contribution is 7.18. The van der Waals surface area contributed by atoms with Gasteiger partial charge in [0.1, 0.15) is 0 Å². The van der Waals surface area contributed by atoms with Gasteiger partial charge in [-0.15, -0.1) is 11.3 Å². The Labute approximate surface area is 116 Å². The maximum absolute atomic E-state index is 6.28. The summed E-state index contributed by atoms with van der Waals surface area (Å²) in [5, 5.41) is 1.11. The van der Waals surface area contributed by atoms with Gasteiger partial charge in [0, 0.05) is 12.5 Å². The van der Waals surface area contributed by atoms with Gasteiger partial charge in [-0.2, -0.15) is 0 Å². The van der Waals surface area contributed by atoms with E-state index in [-0.39, 0.29) is 6.04 Å². The fraction of sp³-hybridized carbons (Fsp3) is 0.188. The van der Waals surface area contributed by atoms with Crippen molar-refractivity contribution in [1.29, 1.82) is 0 Å². The van der Waals surface area contributed by atoms with Crippen LogP contribution in [0.4, 0.5) is 0 Å². The summed E-state index contributed by atoms with van der Waals surface area (Å²) in [6.07, 6.45) is 0.794. The predicted octanol–water partition coefficient (Wildman–Crippen LogP) is 3.85. The molecule has 1 heterocycles. The lowest BCUT2D eigenvalue weighted by Gasteiger charge is -2.10. The van der Waals surface area contributed by atoms with Crippen LogP contribution in [0.25, 0.3) is 10.2 Å². The van der Waals surface area contributed by atoms with E-state index in [1.54, 1.807) is 11.3 Å². The fourth-order valence-electron chi connectivity index (χ4n) is 2.21. The van der Waals surface area contributed by atoms with Crippen LogP contribution < -0.4 is 5.73 Å². The number of para-hydroxylation sites is 1. The number of rotatable bonds is 3. The topological polar surface area (TPSA) is 38.9 Å². The summed E-state index contributed by atoms with van der Waals surface area (Å²) >= 11 is 1.73. The Morgan fingerprint density at radius 2 is 2.00 bits per heavy atom. The quantitative estimate of drug-likeness (QED) is 0.783. The minimum Gasteiger partial charge on any atom is -0.324 e. The van der Waals surface area contributed by atoms with E-state index in [4.69, 9.17) is 5.73 Å². The van der Waals surface area contributed by atoms with E-state index in [9.17, 15) is 0 Å². The first kappa shape index (κ1) is 12.3. The van der Waals surface area contributed by atoms with Gasteiger partial charge in [0.25, 0.3) is 0 Å². The molecule has 19 heavy (non-hydrogen) atoms. The molecule has 2 nitrogen and oxygen atoms in total. The molecule has 1 unspecified atom stereocenters. The lowest BCUT2D eigenvalue weighted by atomic mass is 10.0. The Balaban J connectivity index is 1.84. The van der Waals surface area contributed by atoms with E-state index in [1.807, 2.05) is 18.2 Å². The molecule has 0 spiro atoms. The van der Waals surface area contributed by atoms with E-state index in [0.717, 1.165) is 16.9 Å². The number of aryl methyl sites for hydroxylation is 1. The van der Waals surface area contributed by atoms with Crippen molar-refractivity contribution in [3.63, 3.8) is 0 Å². The molecule has 3 heteroatoms. The van der Waals surface area contributed by atoms with Crippen molar-refractivity contribution in [3.8, 4) is 0 Å². The highest BCUT2D eigenvalue weighted by Gasteiger charge is 2.10. The molecule has 0 aliphatic heterocycles. The minimum absolute atomic E-state index is 0.0143. The number of hydrogen-bond donors (Lipinski definition) is 1. The fourth-order valence-corrected chi connectivity index (χ4v) is 3.24. The third-order valence-corrected chi connectivity index (χ3v) is 4.26.